The van der Waals surface area contributed by atoms with E-state index in [-0.39, 0.29) is 29.3 Å². The monoisotopic (exact) mass is 438 g/mol. The van der Waals surface area contributed by atoms with Gasteiger partial charge in [0.15, 0.2) is 0 Å². The van der Waals surface area contributed by atoms with Crippen LogP contribution in [-0.2, 0) is 16.1 Å². The van der Waals surface area contributed by atoms with Crippen molar-refractivity contribution in [3.05, 3.63) is 47.5 Å². The van der Waals surface area contributed by atoms with Crippen molar-refractivity contribution >= 4 is 5.97 Å². The summed E-state index contributed by atoms with van der Waals surface area (Å²) in [6, 6.07) is 11.1. The van der Waals surface area contributed by atoms with Crippen LogP contribution in [0.15, 0.2) is 42.0 Å². The summed E-state index contributed by atoms with van der Waals surface area (Å²) < 4.78 is 5.81. The van der Waals surface area contributed by atoms with E-state index in [0.717, 1.165) is 51.7 Å². The fraction of sp³-hybridized carbons (Fsp3) is 0.667. The number of piperidine rings is 1. The Morgan fingerprint density at radius 2 is 1.94 bits per heavy atom. The summed E-state index contributed by atoms with van der Waals surface area (Å²) in [4.78, 5) is 15.3. The Labute approximate surface area is 192 Å². The molecule has 32 heavy (non-hydrogen) atoms. The Bertz CT molecular complexity index is 848. The zero-order valence-corrected chi connectivity index (χ0v) is 19.5. The van der Waals surface area contributed by atoms with Crippen LogP contribution in [0.2, 0.25) is 0 Å². The van der Waals surface area contributed by atoms with Crippen molar-refractivity contribution in [1.82, 2.24) is 10.2 Å². The fourth-order valence-electron chi connectivity index (χ4n) is 6.73. The number of carbonyl (C=O) groups excluding carboxylic acids is 1. The van der Waals surface area contributed by atoms with Crippen molar-refractivity contribution in [3.63, 3.8) is 0 Å². The first-order valence-corrected chi connectivity index (χ1v) is 12.5. The second-order valence-corrected chi connectivity index (χ2v) is 10.7. The molecule has 2 aliphatic heterocycles. The number of aliphatic hydroxyl groups excluding tert-OH is 1. The van der Waals surface area contributed by atoms with Gasteiger partial charge in [-0.05, 0) is 50.3 Å². The molecule has 5 nitrogen and oxygen atoms in total. The van der Waals surface area contributed by atoms with Crippen LogP contribution in [0.3, 0.4) is 0 Å². The average molecular weight is 439 g/mol. The minimum Gasteiger partial charge on any atom is -0.461 e. The third kappa shape index (κ3) is 3.93. The lowest BCUT2D eigenvalue weighted by Crippen LogP contribution is -2.55. The van der Waals surface area contributed by atoms with E-state index in [4.69, 9.17) is 4.74 Å². The first-order valence-electron chi connectivity index (χ1n) is 12.5. The van der Waals surface area contributed by atoms with Crippen molar-refractivity contribution in [2.45, 2.75) is 70.7 Å². The van der Waals surface area contributed by atoms with E-state index in [9.17, 15) is 9.90 Å². The number of allylic oxidation sites excluding steroid dienone is 1. The van der Waals surface area contributed by atoms with Gasteiger partial charge in [-0.2, -0.15) is 0 Å². The van der Waals surface area contributed by atoms with Gasteiger partial charge in [0, 0.05) is 36.9 Å². The molecule has 5 heteroatoms. The quantitative estimate of drug-likeness (QED) is 0.544. The Morgan fingerprint density at radius 1 is 1.19 bits per heavy atom. The smallest absolute Gasteiger partial charge is 0.311 e. The molecule has 1 aromatic carbocycles. The van der Waals surface area contributed by atoms with Gasteiger partial charge in [-0.3, -0.25) is 9.69 Å². The molecule has 0 radical (unpaired) electrons. The van der Waals surface area contributed by atoms with Gasteiger partial charge in [-0.1, -0.05) is 55.8 Å². The van der Waals surface area contributed by atoms with Gasteiger partial charge in [0.1, 0.15) is 6.10 Å². The van der Waals surface area contributed by atoms with Crippen LogP contribution in [0, 0.1) is 23.2 Å². The molecule has 0 amide bonds. The molecule has 174 valence electrons. The number of nitrogens with zero attached hydrogens (tertiary/aromatic N) is 1. The van der Waals surface area contributed by atoms with Gasteiger partial charge in [-0.15, -0.1) is 0 Å². The molecule has 2 heterocycles. The zero-order chi connectivity index (χ0) is 22.3. The molecule has 1 aromatic rings. The van der Waals surface area contributed by atoms with E-state index in [2.05, 4.69) is 60.5 Å². The third-order valence-corrected chi connectivity index (χ3v) is 9.03. The maximum absolute atomic E-state index is 12.8. The number of fused-ring (bicyclic) bond motifs is 2. The molecule has 2 aliphatic carbocycles. The molecular weight excluding hydrogens is 400 g/mol. The van der Waals surface area contributed by atoms with Crippen LogP contribution in [-0.4, -0.2) is 53.9 Å². The topological polar surface area (TPSA) is 61.8 Å². The van der Waals surface area contributed by atoms with Crippen molar-refractivity contribution in [2.24, 2.45) is 23.2 Å². The van der Waals surface area contributed by atoms with Crippen molar-refractivity contribution < 1.29 is 14.6 Å². The summed E-state index contributed by atoms with van der Waals surface area (Å²) in [6.45, 7) is 8.22. The van der Waals surface area contributed by atoms with Crippen molar-refractivity contribution in [2.75, 3.05) is 19.6 Å². The van der Waals surface area contributed by atoms with Crippen LogP contribution in [0.1, 0.15) is 51.5 Å². The molecule has 5 rings (SSSR count). The Kier molecular flexibility index (Phi) is 6.17. The van der Waals surface area contributed by atoms with Crippen molar-refractivity contribution in [1.29, 1.82) is 0 Å². The predicted octanol–water partition coefficient (Wildman–Crippen LogP) is 3.53. The Hall–Kier alpha value is -1.69. The van der Waals surface area contributed by atoms with Crippen LogP contribution in [0.4, 0.5) is 0 Å². The maximum atomic E-state index is 12.8. The highest BCUT2D eigenvalue weighted by Gasteiger charge is 2.59. The standard InChI is InChI=1S/C27H38N2O3/c1-18-7-6-10-20-15-23-24(25(30)27(18,20)2)22(26(31)32-23)16-28-21-11-13-29(14-12-21)17-19-8-4-3-5-9-19/h3-5,8-10,18,21-25,28,30H,6-7,11-17H2,1-2H3/t18?,22?,23-,24-,25?,27-/m1/s1. The molecule has 2 N–H and O–H groups in total. The molecule has 2 saturated heterocycles. The number of rotatable bonds is 5. The van der Waals surface area contributed by atoms with Crippen LogP contribution in [0.5, 0.6) is 0 Å². The normalized spacial score (nSPS) is 38.0. The molecule has 3 unspecified atom stereocenters. The molecule has 1 saturated carbocycles. The number of ether oxygens (including phenoxy) is 1. The van der Waals surface area contributed by atoms with Crippen LogP contribution >= 0.6 is 0 Å². The number of hydrogen-bond acceptors (Lipinski definition) is 5. The summed E-state index contributed by atoms with van der Waals surface area (Å²) in [5.74, 6) is -0.0408. The number of hydrogen-bond donors (Lipinski definition) is 2. The highest BCUT2D eigenvalue weighted by molar-refractivity contribution is 5.76. The summed E-state index contributed by atoms with van der Waals surface area (Å²) in [7, 11) is 0. The first kappa shape index (κ1) is 22.1. The minimum absolute atomic E-state index is 0.101. The van der Waals surface area contributed by atoms with Gasteiger partial charge in [0.25, 0.3) is 0 Å². The zero-order valence-electron chi connectivity index (χ0n) is 19.5. The maximum Gasteiger partial charge on any atom is 0.311 e. The van der Waals surface area contributed by atoms with E-state index in [0.29, 0.717) is 18.5 Å². The SMILES string of the molecule is CC1CCC=C2C[C@H]3OC(=O)C(CNC4CCN(Cc5ccccc5)CC4)[C@H]3C(O)[C@@]21C. The van der Waals surface area contributed by atoms with Crippen LogP contribution < -0.4 is 5.32 Å². The van der Waals surface area contributed by atoms with Gasteiger partial charge in [0.05, 0.1) is 12.0 Å². The molecule has 4 aliphatic rings. The van der Waals surface area contributed by atoms with Gasteiger partial charge >= 0.3 is 5.97 Å². The lowest BCUT2D eigenvalue weighted by Gasteiger charge is -2.51. The van der Waals surface area contributed by atoms with E-state index in [1.165, 1.54) is 11.1 Å². The van der Waals surface area contributed by atoms with Crippen LogP contribution in [0.25, 0.3) is 0 Å². The Morgan fingerprint density at radius 3 is 2.69 bits per heavy atom. The fourth-order valence-corrected chi connectivity index (χ4v) is 6.73. The lowest BCUT2D eigenvalue weighted by atomic mass is 9.55. The van der Waals surface area contributed by atoms with E-state index in [1.807, 2.05) is 0 Å². The first-order chi connectivity index (χ1) is 15.5. The highest BCUT2D eigenvalue weighted by atomic mass is 16.6. The number of nitrogens with one attached hydrogen (secondary N) is 1. The molecular formula is C27H38N2O3. The molecule has 3 fully saturated rings. The number of likely N-dealkylation sites (tertiary alicyclic amines) is 1. The summed E-state index contributed by atoms with van der Waals surface area (Å²) in [5, 5.41) is 15.2. The van der Waals surface area contributed by atoms with Crippen molar-refractivity contribution in [3.8, 4) is 0 Å². The molecule has 6 atom stereocenters. The minimum atomic E-state index is -0.520. The van der Waals surface area contributed by atoms with Gasteiger partial charge < -0.3 is 15.2 Å². The van der Waals surface area contributed by atoms with E-state index >= 15 is 0 Å². The van der Waals surface area contributed by atoms with Gasteiger partial charge in [0.2, 0.25) is 0 Å². The lowest BCUT2D eigenvalue weighted by molar-refractivity contribution is -0.144. The molecule has 0 aromatic heterocycles. The Balaban J connectivity index is 1.18. The third-order valence-electron chi connectivity index (χ3n) is 9.03. The average Bonchev–Trinajstić information content (AvgIpc) is 3.11. The molecule has 0 spiro atoms. The summed E-state index contributed by atoms with van der Waals surface area (Å²) in [5.41, 5.74) is 2.44. The summed E-state index contributed by atoms with van der Waals surface area (Å²) >= 11 is 0. The second-order valence-electron chi connectivity index (χ2n) is 10.7. The second kappa shape index (κ2) is 8.92. The van der Waals surface area contributed by atoms with E-state index in [1.54, 1.807) is 0 Å². The largest absolute Gasteiger partial charge is 0.461 e. The molecule has 0 bridgehead atoms. The predicted molar refractivity (Wildman–Crippen MR) is 125 cm³/mol. The highest BCUT2D eigenvalue weighted by Crippen LogP contribution is 2.55. The number of aliphatic hydroxyl groups is 1. The van der Waals surface area contributed by atoms with E-state index < -0.39 is 6.10 Å². The number of carbonyl (C=O) groups is 1. The number of esters is 1. The summed E-state index contributed by atoms with van der Waals surface area (Å²) in [6.07, 6.45) is 6.76. The van der Waals surface area contributed by atoms with Gasteiger partial charge in [-0.25, -0.2) is 0 Å². The number of benzene rings is 1.